The number of nitrogens with zero attached hydrogens (tertiary/aromatic N) is 1. The second kappa shape index (κ2) is 11.1. The number of methoxy groups -OCH3 is 2. The van der Waals surface area contributed by atoms with E-state index < -0.39 is 0 Å². The Labute approximate surface area is 202 Å². The van der Waals surface area contributed by atoms with Gasteiger partial charge in [0.05, 0.1) is 31.4 Å². The molecule has 0 bridgehead atoms. The van der Waals surface area contributed by atoms with Gasteiger partial charge in [-0.05, 0) is 49.9 Å². The van der Waals surface area contributed by atoms with Crippen LogP contribution in [0.5, 0.6) is 11.5 Å². The van der Waals surface area contributed by atoms with Crippen molar-refractivity contribution in [2.45, 2.75) is 51.7 Å². The molecule has 2 N–H and O–H groups in total. The Morgan fingerprint density at radius 1 is 1.27 bits per heavy atom. The second-order valence-electron chi connectivity index (χ2n) is 8.09. The maximum absolute atomic E-state index is 12.8. The number of benzene rings is 1. The van der Waals surface area contributed by atoms with Crippen LogP contribution in [0.1, 0.15) is 49.2 Å². The molecular formula is C24H31N3O4S2. The first kappa shape index (κ1) is 25.1. The van der Waals surface area contributed by atoms with Crippen LogP contribution in [-0.2, 0) is 11.2 Å². The molecule has 0 aliphatic rings. The molecule has 2 aromatic heterocycles. The highest BCUT2D eigenvalue weighted by atomic mass is 32.2. The van der Waals surface area contributed by atoms with Gasteiger partial charge in [0.25, 0.3) is 5.56 Å². The minimum atomic E-state index is -0.277. The van der Waals surface area contributed by atoms with Gasteiger partial charge < -0.3 is 19.8 Å². The Morgan fingerprint density at radius 2 is 2.03 bits per heavy atom. The first-order valence-corrected chi connectivity index (χ1v) is 12.7. The van der Waals surface area contributed by atoms with Crippen molar-refractivity contribution in [1.82, 2.24) is 15.3 Å². The summed E-state index contributed by atoms with van der Waals surface area (Å²) in [6.45, 7) is 8.27. The first-order valence-electron chi connectivity index (χ1n) is 10.9. The number of amides is 1. The van der Waals surface area contributed by atoms with Gasteiger partial charge in [0.2, 0.25) is 5.91 Å². The van der Waals surface area contributed by atoms with Crippen LogP contribution >= 0.6 is 23.1 Å². The van der Waals surface area contributed by atoms with E-state index in [1.54, 1.807) is 14.2 Å². The Morgan fingerprint density at radius 3 is 2.70 bits per heavy atom. The normalized spacial score (nSPS) is 13.0. The lowest BCUT2D eigenvalue weighted by Gasteiger charge is -2.18. The number of aryl methyl sites for hydroxylation is 1. The van der Waals surface area contributed by atoms with Crippen LogP contribution in [-0.4, -0.2) is 35.8 Å². The number of rotatable bonds is 10. The zero-order valence-electron chi connectivity index (χ0n) is 19.9. The molecule has 3 aromatic rings. The topological polar surface area (TPSA) is 93.3 Å². The van der Waals surface area contributed by atoms with E-state index in [2.05, 4.69) is 29.1 Å². The Balaban J connectivity index is 1.70. The van der Waals surface area contributed by atoms with E-state index >= 15 is 0 Å². The quantitative estimate of drug-likeness (QED) is 0.312. The molecule has 0 spiro atoms. The van der Waals surface area contributed by atoms with Crippen LogP contribution in [0.3, 0.4) is 0 Å². The highest BCUT2D eigenvalue weighted by molar-refractivity contribution is 7.99. The monoisotopic (exact) mass is 489 g/mol. The number of aromatic amines is 1. The summed E-state index contributed by atoms with van der Waals surface area (Å²) in [5.74, 6) is 1.84. The predicted molar refractivity (Wildman–Crippen MR) is 135 cm³/mol. The summed E-state index contributed by atoms with van der Waals surface area (Å²) in [6, 6.07) is 5.19. The van der Waals surface area contributed by atoms with Crippen molar-refractivity contribution in [3.05, 3.63) is 44.6 Å². The van der Waals surface area contributed by atoms with Crippen LogP contribution in [0.15, 0.2) is 28.2 Å². The van der Waals surface area contributed by atoms with Crippen LogP contribution in [0.4, 0.5) is 0 Å². The van der Waals surface area contributed by atoms with Crippen molar-refractivity contribution >= 4 is 39.2 Å². The fourth-order valence-corrected chi connectivity index (χ4v) is 5.42. The summed E-state index contributed by atoms with van der Waals surface area (Å²) in [4.78, 5) is 34.7. The Bertz CT molecular complexity index is 1190. The van der Waals surface area contributed by atoms with Gasteiger partial charge in [-0.15, -0.1) is 11.3 Å². The van der Waals surface area contributed by atoms with Crippen LogP contribution < -0.4 is 20.3 Å². The lowest BCUT2D eigenvalue weighted by Crippen LogP contribution is -2.28. The molecule has 178 valence electrons. The van der Waals surface area contributed by atoms with E-state index in [-0.39, 0.29) is 23.3 Å². The van der Waals surface area contributed by atoms with E-state index in [1.165, 1.54) is 23.1 Å². The lowest BCUT2D eigenvalue weighted by molar-refractivity contribution is -0.119. The number of hydrogen-bond donors (Lipinski definition) is 2. The first-order chi connectivity index (χ1) is 15.8. The maximum Gasteiger partial charge on any atom is 0.260 e. The molecule has 1 amide bonds. The van der Waals surface area contributed by atoms with Gasteiger partial charge >= 0.3 is 0 Å². The molecule has 2 heterocycles. The van der Waals surface area contributed by atoms with Gasteiger partial charge in [-0.25, -0.2) is 4.98 Å². The third-order valence-electron chi connectivity index (χ3n) is 5.71. The number of thioether (sulfide) groups is 1. The van der Waals surface area contributed by atoms with E-state index in [9.17, 15) is 9.59 Å². The number of thiophene rings is 1. The molecule has 1 aromatic carbocycles. The third-order valence-corrected chi connectivity index (χ3v) is 7.63. The minimum absolute atomic E-state index is 0.134. The predicted octanol–water partition coefficient (Wildman–Crippen LogP) is 4.87. The lowest BCUT2D eigenvalue weighted by atomic mass is 9.98. The van der Waals surface area contributed by atoms with E-state index in [0.717, 1.165) is 33.7 Å². The van der Waals surface area contributed by atoms with Crippen LogP contribution in [0, 0.1) is 12.8 Å². The molecule has 0 aliphatic heterocycles. The number of carbonyl (C=O) groups is 1. The third kappa shape index (κ3) is 5.89. The highest BCUT2D eigenvalue weighted by Gasteiger charge is 2.19. The molecule has 0 aliphatic carbocycles. The van der Waals surface area contributed by atoms with Gasteiger partial charge in [0.1, 0.15) is 16.3 Å². The number of carbonyl (C=O) groups excluding carboxylic acids is 1. The van der Waals surface area contributed by atoms with E-state index in [0.29, 0.717) is 28.0 Å². The Kier molecular flexibility index (Phi) is 8.42. The molecule has 0 fully saturated rings. The minimum Gasteiger partial charge on any atom is -0.497 e. The zero-order chi connectivity index (χ0) is 24.1. The SMILES string of the molecule is CCC(C)Cc1c(C)sc2nc(SCC(=O)NC(C)c3cc(OC)ccc3OC)[nH]c(=O)c12. The van der Waals surface area contributed by atoms with Gasteiger partial charge in [-0.1, -0.05) is 32.0 Å². The summed E-state index contributed by atoms with van der Waals surface area (Å²) in [7, 11) is 3.19. The van der Waals surface area contributed by atoms with Gasteiger partial charge in [0, 0.05) is 10.4 Å². The largest absolute Gasteiger partial charge is 0.497 e. The van der Waals surface area contributed by atoms with Crippen molar-refractivity contribution in [1.29, 1.82) is 0 Å². The van der Waals surface area contributed by atoms with Crippen molar-refractivity contribution < 1.29 is 14.3 Å². The Hall–Kier alpha value is -2.52. The van der Waals surface area contributed by atoms with Crippen molar-refractivity contribution in [3.8, 4) is 11.5 Å². The molecule has 0 radical (unpaired) electrons. The summed E-state index contributed by atoms with van der Waals surface area (Å²) >= 11 is 2.76. The van der Waals surface area contributed by atoms with Gasteiger partial charge in [-0.3, -0.25) is 9.59 Å². The van der Waals surface area contributed by atoms with E-state index in [1.807, 2.05) is 32.0 Å². The molecule has 0 saturated heterocycles. The number of ether oxygens (including phenoxy) is 2. The van der Waals surface area contributed by atoms with Crippen molar-refractivity contribution in [2.24, 2.45) is 5.92 Å². The van der Waals surface area contributed by atoms with E-state index in [4.69, 9.17) is 9.47 Å². The van der Waals surface area contributed by atoms with Crippen molar-refractivity contribution in [2.75, 3.05) is 20.0 Å². The highest BCUT2D eigenvalue weighted by Crippen LogP contribution is 2.31. The molecule has 9 heteroatoms. The average molecular weight is 490 g/mol. The molecule has 3 rings (SSSR count). The van der Waals surface area contributed by atoms with Gasteiger partial charge in [-0.2, -0.15) is 0 Å². The zero-order valence-corrected chi connectivity index (χ0v) is 21.5. The standard InChI is InChI=1S/C24H31N3O4S2/c1-7-13(2)10-18-15(4)33-23-21(18)22(29)26-24(27-23)32-12-20(28)25-14(3)17-11-16(30-5)8-9-19(17)31-6/h8-9,11,13-14H,7,10,12H2,1-6H3,(H,25,28)(H,26,27,29). The molecule has 2 unspecified atom stereocenters. The van der Waals surface area contributed by atoms with Crippen molar-refractivity contribution in [3.63, 3.8) is 0 Å². The summed E-state index contributed by atoms with van der Waals surface area (Å²) < 4.78 is 10.7. The fraction of sp³-hybridized carbons (Fsp3) is 0.458. The number of fused-ring (bicyclic) bond motifs is 1. The smallest absolute Gasteiger partial charge is 0.260 e. The number of hydrogen-bond acceptors (Lipinski definition) is 7. The molecule has 7 nitrogen and oxygen atoms in total. The molecule has 33 heavy (non-hydrogen) atoms. The molecular weight excluding hydrogens is 458 g/mol. The second-order valence-corrected chi connectivity index (χ2v) is 10.3. The van der Waals surface area contributed by atoms with Crippen LogP contribution in [0.25, 0.3) is 10.2 Å². The maximum atomic E-state index is 12.8. The van der Waals surface area contributed by atoms with Crippen LogP contribution in [0.2, 0.25) is 0 Å². The van der Waals surface area contributed by atoms with Gasteiger partial charge in [0.15, 0.2) is 5.16 Å². The molecule has 2 atom stereocenters. The average Bonchev–Trinajstić information content (AvgIpc) is 3.12. The summed E-state index contributed by atoms with van der Waals surface area (Å²) in [5, 5.41) is 4.11. The number of nitrogens with one attached hydrogen (secondary N) is 2. The molecule has 0 saturated carbocycles. The fourth-order valence-electron chi connectivity index (χ4n) is 3.63. The number of H-pyrrole nitrogens is 1. The summed E-state index contributed by atoms with van der Waals surface area (Å²) in [6.07, 6.45) is 1.93. The summed E-state index contributed by atoms with van der Waals surface area (Å²) in [5.41, 5.74) is 1.78. The number of aromatic nitrogens is 2.